The summed E-state index contributed by atoms with van der Waals surface area (Å²) in [6, 6.07) is 0. The number of thiazole rings is 1. The van der Waals surface area contributed by atoms with Crippen molar-refractivity contribution in [3.8, 4) is 0 Å². The summed E-state index contributed by atoms with van der Waals surface area (Å²) in [7, 11) is 0. The van der Waals surface area contributed by atoms with Gasteiger partial charge in [-0.1, -0.05) is 13.8 Å². The highest BCUT2D eigenvalue weighted by molar-refractivity contribution is 7.09. The van der Waals surface area contributed by atoms with E-state index in [1.54, 1.807) is 11.3 Å². The summed E-state index contributed by atoms with van der Waals surface area (Å²) in [6.07, 6.45) is 3.93. The molecule has 3 nitrogen and oxygen atoms in total. The molecular weight excluding hydrogens is 218 g/mol. The minimum Gasteiger partial charge on any atom is -0.319 e. The van der Waals surface area contributed by atoms with Crippen LogP contribution in [0.2, 0.25) is 0 Å². The molecule has 0 unspecified atom stereocenters. The molecule has 1 aromatic rings. The maximum Gasteiger partial charge on any atom is 0.113 e. The lowest BCUT2D eigenvalue weighted by Crippen LogP contribution is -2.48. The van der Waals surface area contributed by atoms with Crippen LogP contribution in [-0.4, -0.2) is 29.5 Å². The van der Waals surface area contributed by atoms with Crippen molar-refractivity contribution >= 4 is 11.3 Å². The maximum absolute atomic E-state index is 6.44. The lowest BCUT2D eigenvalue weighted by Gasteiger charge is -2.38. The molecule has 2 N–H and O–H groups in total. The molecule has 1 fully saturated rings. The van der Waals surface area contributed by atoms with Crippen LogP contribution in [0.3, 0.4) is 0 Å². The third-order valence-corrected chi connectivity index (χ3v) is 4.22. The van der Waals surface area contributed by atoms with Crippen molar-refractivity contribution in [3.05, 3.63) is 16.6 Å². The molecule has 2 rings (SSSR count). The monoisotopic (exact) mass is 239 g/mol. The van der Waals surface area contributed by atoms with E-state index in [0.717, 1.165) is 36.9 Å². The topological polar surface area (TPSA) is 42.1 Å². The molecular formula is C12H21N3S. The zero-order valence-electron chi connectivity index (χ0n) is 10.1. The van der Waals surface area contributed by atoms with E-state index in [-0.39, 0.29) is 5.54 Å². The van der Waals surface area contributed by atoms with Crippen molar-refractivity contribution in [2.75, 3.05) is 19.6 Å². The van der Waals surface area contributed by atoms with E-state index in [1.165, 1.54) is 6.54 Å². The van der Waals surface area contributed by atoms with E-state index in [0.29, 0.717) is 0 Å². The molecule has 0 bridgehead atoms. The van der Waals surface area contributed by atoms with Gasteiger partial charge in [0.2, 0.25) is 0 Å². The van der Waals surface area contributed by atoms with Gasteiger partial charge in [0.15, 0.2) is 0 Å². The summed E-state index contributed by atoms with van der Waals surface area (Å²) in [5.41, 5.74) is 6.27. The van der Waals surface area contributed by atoms with Crippen LogP contribution in [0.5, 0.6) is 0 Å². The van der Waals surface area contributed by atoms with Gasteiger partial charge in [0.1, 0.15) is 5.01 Å². The van der Waals surface area contributed by atoms with Crippen molar-refractivity contribution in [3.63, 3.8) is 0 Å². The van der Waals surface area contributed by atoms with Gasteiger partial charge in [-0.05, 0) is 18.8 Å². The normalized spacial score (nSPS) is 21.5. The minimum atomic E-state index is -0.165. The van der Waals surface area contributed by atoms with E-state index < -0.39 is 0 Å². The smallest absolute Gasteiger partial charge is 0.113 e. The lowest BCUT2D eigenvalue weighted by molar-refractivity contribution is 0.148. The van der Waals surface area contributed by atoms with Gasteiger partial charge in [-0.15, -0.1) is 11.3 Å². The van der Waals surface area contributed by atoms with Crippen molar-refractivity contribution in [1.82, 2.24) is 9.88 Å². The number of nitrogens with zero attached hydrogens (tertiary/aromatic N) is 2. The molecule has 0 aliphatic carbocycles. The van der Waals surface area contributed by atoms with Crippen LogP contribution in [-0.2, 0) is 5.54 Å². The van der Waals surface area contributed by atoms with Crippen LogP contribution in [0.4, 0.5) is 0 Å². The minimum absolute atomic E-state index is 0.165. The highest BCUT2D eigenvalue weighted by Gasteiger charge is 2.34. The largest absolute Gasteiger partial charge is 0.319 e. The molecule has 1 aliphatic rings. The van der Waals surface area contributed by atoms with Gasteiger partial charge < -0.3 is 10.6 Å². The summed E-state index contributed by atoms with van der Waals surface area (Å²) < 4.78 is 0. The quantitative estimate of drug-likeness (QED) is 0.878. The number of piperidine rings is 1. The molecule has 1 saturated heterocycles. The molecule has 90 valence electrons. The van der Waals surface area contributed by atoms with Crippen LogP contribution in [0, 0.1) is 5.92 Å². The Morgan fingerprint density at radius 2 is 2.19 bits per heavy atom. The van der Waals surface area contributed by atoms with Crippen molar-refractivity contribution in [2.24, 2.45) is 11.7 Å². The molecule has 0 spiro atoms. The van der Waals surface area contributed by atoms with Crippen molar-refractivity contribution in [1.29, 1.82) is 0 Å². The molecule has 0 aromatic carbocycles. The first-order chi connectivity index (χ1) is 7.60. The Kier molecular flexibility index (Phi) is 3.62. The second-order valence-corrected chi connectivity index (χ2v) is 6.08. The maximum atomic E-state index is 6.44. The zero-order valence-corrected chi connectivity index (χ0v) is 11.0. The molecule has 0 atom stereocenters. The fraction of sp³-hybridized carbons (Fsp3) is 0.750. The molecule has 1 aromatic heterocycles. The molecule has 4 heteroatoms. The molecule has 0 saturated carbocycles. The van der Waals surface area contributed by atoms with Gasteiger partial charge in [-0.2, -0.15) is 0 Å². The fourth-order valence-electron chi connectivity index (χ4n) is 2.33. The van der Waals surface area contributed by atoms with Crippen LogP contribution >= 0.6 is 11.3 Å². The first-order valence-electron chi connectivity index (χ1n) is 6.01. The summed E-state index contributed by atoms with van der Waals surface area (Å²) in [6.45, 7) is 7.94. The number of nitrogens with two attached hydrogens (primary N) is 1. The highest BCUT2D eigenvalue weighted by Crippen LogP contribution is 2.31. The molecule has 2 heterocycles. The van der Waals surface area contributed by atoms with E-state index in [2.05, 4.69) is 23.7 Å². The van der Waals surface area contributed by atoms with E-state index in [1.807, 2.05) is 11.6 Å². The third-order valence-electron chi connectivity index (χ3n) is 3.23. The molecule has 1 aliphatic heterocycles. The van der Waals surface area contributed by atoms with Gasteiger partial charge in [0.25, 0.3) is 0 Å². The standard InChI is InChI=1S/C12H21N3S/c1-10(2)9-15-6-3-12(13,4-7-15)11-14-5-8-16-11/h5,8,10H,3-4,6-7,9,13H2,1-2H3. The second-order valence-electron chi connectivity index (χ2n) is 5.19. The van der Waals surface area contributed by atoms with Crippen molar-refractivity contribution < 1.29 is 0 Å². The fourth-order valence-corrected chi connectivity index (χ4v) is 3.15. The van der Waals surface area contributed by atoms with Gasteiger partial charge in [-0.25, -0.2) is 4.98 Å². The lowest BCUT2D eigenvalue weighted by atomic mass is 9.89. The Morgan fingerprint density at radius 3 is 2.69 bits per heavy atom. The number of rotatable bonds is 3. The number of likely N-dealkylation sites (tertiary alicyclic amines) is 1. The SMILES string of the molecule is CC(C)CN1CCC(N)(c2nccs2)CC1. The Bertz CT molecular complexity index is 313. The summed E-state index contributed by atoms with van der Waals surface area (Å²) >= 11 is 1.69. The number of aromatic nitrogens is 1. The molecule has 0 radical (unpaired) electrons. The van der Waals surface area contributed by atoms with Gasteiger partial charge in [0, 0.05) is 31.2 Å². The zero-order chi connectivity index (χ0) is 11.6. The van der Waals surface area contributed by atoms with E-state index in [9.17, 15) is 0 Å². The average molecular weight is 239 g/mol. The number of hydrogen-bond acceptors (Lipinski definition) is 4. The number of hydrogen-bond donors (Lipinski definition) is 1. The average Bonchev–Trinajstić information content (AvgIpc) is 2.75. The molecule has 16 heavy (non-hydrogen) atoms. The van der Waals surface area contributed by atoms with Crippen molar-refractivity contribution in [2.45, 2.75) is 32.2 Å². The Hall–Kier alpha value is -0.450. The first kappa shape index (κ1) is 12.0. The summed E-state index contributed by atoms with van der Waals surface area (Å²) in [4.78, 5) is 6.89. The first-order valence-corrected chi connectivity index (χ1v) is 6.89. The van der Waals surface area contributed by atoms with Gasteiger partial charge >= 0.3 is 0 Å². The van der Waals surface area contributed by atoms with Crippen LogP contribution < -0.4 is 5.73 Å². The Morgan fingerprint density at radius 1 is 1.50 bits per heavy atom. The highest BCUT2D eigenvalue weighted by atomic mass is 32.1. The predicted octanol–water partition coefficient (Wildman–Crippen LogP) is 2.05. The van der Waals surface area contributed by atoms with Crippen LogP contribution in [0.15, 0.2) is 11.6 Å². The van der Waals surface area contributed by atoms with Gasteiger partial charge in [-0.3, -0.25) is 0 Å². The summed E-state index contributed by atoms with van der Waals surface area (Å²) in [5.74, 6) is 0.741. The second kappa shape index (κ2) is 4.82. The van der Waals surface area contributed by atoms with E-state index >= 15 is 0 Å². The summed E-state index contributed by atoms with van der Waals surface area (Å²) in [5, 5.41) is 3.13. The van der Waals surface area contributed by atoms with Crippen LogP contribution in [0.25, 0.3) is 0 Å². The Balaban J connectivity index is 1.94. The van der Waals surface area contributed by atoms with E-state index in [4.69, 9.17) is 5.73 Å². The van der Waals surface area contributed by atoms with Gasteiger partial charge in [0.05, 0.1) is 5.54 Å². The van der Waals surface area contributed by atoms with Crippen LogP contribution in [0.1, 0.15) is 31.7 Å². The third kappa shape index (κ3) is 2.62. The predicted molar refractivity (Wildman–Crippen MR) is 68.5 cm³/mol. The molecule has 0 amide bonds. The Labute approximate surface area is 102 Å².